The van der Waals surface area contributed by atoms with E-state index in [9.17, 15) is 9.65 Å². The van der Waals surface area contributed by atoms with E-state index in [0.717, 1.165) is 25.2 Å². The number of halogens is 2. The molecule has 1 aromatic carbocycles. The Bertz CT molecular complexity index is 776. The third kappa shape index (κ3) is 3.32. The fourth-order valence-electron chi connectivity index (χ4n) is 2.95. The standard InChI is InChI=1S/C17H17ClFN5/c1-12-10-24(17-15(9-20)21-5-6-22-17)8-7-23(12)11-13-3-2-4-14(19)16(13)18/h2-6,12H,7-8,10-11H2,1H3. The second kappa shape index (κ2) is 7.12. The largest absolute Gasteiger partial charge is 0.351 e. The van der Waals surface area contributed by atoms with Gasteiger partial charge in [-0.3, -0.25) is 4.90 Å². The highest BCUT2D eigenvalue weighted by molar-refractivity contribution is 6.31. The van der Waals surface area contributed by atoms with Crippen LogP contribution in [-0.4, -0.2) is 40.5 Å². The van der Waals surface area contributed by atoms with E-state index in [1.165, 1.54) is 12.3 Å². The number of hydrogen-bond acceptors (Lipinski definition) is 5. The summed E-state index contributed by atoms with van der Waals surface area (Å²) >= 11 is 6.06. The summed E-state index contributed by atoms with van der Waals surface area (Å²) in [7, 11) is 0. The minimum absolute atomic E-state index is 0.188. The van der Waals surface area contributed by atoms with Crippen LogP contribution in [0.15, 0.2) is 30.6 Å². The first-order valence-corrected chi connectivity index (χ1v) is 8.11. The first-order chi connectivity index (χ1) is 11.6. The summed E-state index contributed by atoms with van der Waals surface area (Å²) < 4.78 is 13.6. The molecule has 0 spiro atoms. The predicted molar refractivity (Wildman–Crippen MR) is 90.2 cm³/mol. The Morgan fingerprint density at radius 1 is 1.33 bits per heavy atom. The van der Waals surface area contributed by atoms with Crippen molar-refractivity contribution in [2.24, 2.45) is 0 Å². The number of rotatable bonds is 3. The third-order valence-corrected chi connectivity index (χ3v) is 4.68. The van der Waals surface area contributed by atoms with Gasteiger partial charge < -0.3 is 4.90 Å². The molecule has 1 atom stereocenters. The van der Waals surface area contributed by atoms with E-state index in [0.29, 0.717) is 18.1 Å². The van der Waals surface area contributed by atoms with Crippen LogP contribution in [0.25, 0.3) is 0 Å². The molecule has 124 valence electrons. The molecule has 1 fully saturated rings. The molecule has 24 heavy (non-hydrogen) atoms. The fourth-order valence-corrected chi connectivity index (χ4v) is 3.14. The van der Waals surface area contributed by atoms with Crippen LogP contribution in [0.5, 0.6) is 0 Å². The summed E-state index contributed by atoms with van der Waals surface area (Å²) in [5.74, 6) is 0.231. The first kappa shape index (κ1) is 16.6. The Hall–Kier alpha value is -2.23. The molecule has 0 N–H and O–H groups in total. The van der Waals surface area contributed by atoms with Gasteiger partial charge in [0.05, 0.1) is 5.02 Å². The van der Waals surface area contributed by atoms with Gasteiger partial charge in [0.1, 0.15) is 11.9 Å². The molecule has 2 heterocycles. The molecular weight excluding hydrogens is 329 g/mol. The lowest BCUT2D eigenvalue weighted by Crippen LogP contribution is -2.52. The molecule has 0 bridgehead atoms. The second-order valence-electron chi connectivity index (χ2n) is 5.82. The molecular formula is C17H17ClFN5. The smallest absolute Gasteiger partial charge is 0.183 e. The van der Waals surface area contributed by atoms with E-state index in [1.807, 2.05) is 6.07 Å². The zero-order valence-corrected chi connectivity index (χ0v) is 14.0. The Morgan fingerprint density at radius 3 is 2.88 bits per heavy atom. The number of piperazine rings is 1. The molecule has 1 aliphatic heterocycles. The van der Waals surface area contributed by atoms with E-state index in [4.69, 9.17) is 11.6 Å². The Balaban J connectivity index is 1.72. The summed E-state index contributed by atoms with van der Waals surface area (Å²) in [6.07, 6.45) is 3.12. The van der Waals surface area contributed by atoms with Crippen molar-refractivity contribution < 1.29 is 4.39 Å². The molecule has 0 saturated carbocycles. The van der Waals surface area contributed by atoms with Crippen molar-refractivity contribution in [3.63, 3.8) is 0 Å². The number of benzene rings is 1. The maximum absolute atomic E-state index is 13.6. The van der Waals surface area contributed by atoms with Crippen LogP contribution in [-0.2, 0) is 6.54 Å². The van der Waals surface area contributed by atoms with E-state index in [2.05, 4.69) is 32.8 Å². The quantitative estimate of drug-likeness (QED) is 0.856. The maximum Gasteiger partial charge on any atom is 0.183 e. The molecule has 0 radical (unpaired) electrons. The Kier molecular flexibility index (Phi) is 4.93. The maximum atomic E-state index is 13.6. The monoisotopic (exact) mass is 345 g/mol. The Morgan fingerprint density at radius 2 is 2.12 bits per heavy atom. The van der Waals surface area contributed by atoms with Gasteiger partial charge in [-0.25, -0.2) is 14.4 Å². The van der Waals surface area contributed by atoms with Crippen molar-refractivity contribution in [2.75, 3.05) is 24.5 Å². The molecule has 0 amide bonds. The molecule has 0 aliphatic carbocycles. The van der Waals surface area contributed by atoms with Crippen LogP contribution < -0.4 is 4.90 Å². The summed E-state index contributed by atoms with van der Waals surface area (Å²) in [4.78, 5) is 12.7. The number of nitriles is 1. The van der Waals surface area contributed by atoms with Crippen molar-refractivity contribution >= 4 is 17.4 Å². The molecule has 7 heteroatoms. The zero-order chi connectivity index (χ0) is 17.1. The van der Waals surface area contributed by atoms with Crippen LogP contribution in [0.4, 0.5) is 10.2 Å². The third-order valence-electron chi connectivity index (χ3n) is 4.25. The van der Waals surface area contributed by atoms with Crippen molar-refractivity contribution in [2.45, 2.75) is 19.5 Å². The molecule has 2 aromatic rings. The van der Waals surface area contributed by atoms with Crippen molar-refractivity contribution in [1.82, 2.24) is 14.9 Å². The van der Waals surface area contributed by atoms with Crippen molar-refractivity contribution in [3.8, 4) is 6.07 Å². The lowest BCUT2D eigenvalue weighted by Gasteiger charge is -2.40. The number of aromatic nitrogens is 2. The van der Waals surface area contributed by atoms with E-state index in [1.54, 1.807) is 12.3 Å². The van der Waals surface area contributed by atoms with E-state index in [-0.39, 0.29) is 11.1 Å². The normalized spacial score (nSPS) is 18.4. The van der Waals surface area contributed by atoms with Gasteiger partial charge in [-0.1, -0.05) is 23.7 Å². The second-order valence-corrected chi connectivity index (χ2v) is 6.20. The predicted octanol–water partition coefficient (Wildman–Crippen LogP) is 2.85. The zero-order valence-electron chi connectivity index (χ0n) is 13.3. The van der Waals surface area contributed by atoms with E-state index < -0.39 is 5.82 Å². The lowest BCUT2D eigenvalue weighted by atomic mass is 10.1. The Labute approximate surface area is 145 Å². The van der Waals surface area contributed by atoms with Gasteiger partial charge in [0, 0.05) is 44.6 Å². The molecule has 1 aliphatic rings. The lowest BCUT2D eigenvalue weighted by molar-refractivity contribution is 0.180. The fraction of sp³-hybridized carbons (Fsp3) is 0.353. The van der Waals surface area contributed by atoms with Crippen LogP contribution in [0.2, 0.25) is 5.02 Å². The number of hydrogen-bond donors (Lipinski definition) is 0. The highest BCUT2D eigenvalue weighted by Gasteiger charge is 2.26. The summed E-state index contributed by atoms with van der Waals surface area (Å²) in [5, 5.41) is 9.37. The summed E-state index contributed by atoms with van der Waals surface area (Å²) in [5.41, 5.74) is 1.13. The molecule has 1 unspecified atom stereocenters. The van der Waals surface area contributed by atoms with Crippen LogP contribution in [0.1, 0.15) is 18.2 Å². The average Bonchev–Trinajstić information content (AvgIpc) is 2.60. The van der Waals surface area contributed by atoms with Gasteiger partial charge >= 0.3 is 0 Å². The molecule has 3 rings (SSSR count). The van der Waals surface area contributed by atoms with Gasteiger partial charge in [0.25, 0.3) is 0 Å². The van der Waals surface area contributed by atoms with Gasteiger partial charge in [0.2, 0.25) is 0 Å². The van der Waals surface area contributed by atoms with Gasteiger partial charge in [0.15, 0.2) is 11.5 Å². The topological polar surface area (TPSA) is 56.1 Å². The minimum Gasteiger partial charge on any atom is -0.351 e. The first-order valence-electron chi connectivity index (χ1n) is 7.73. The minimum atomic E-state index is -0.390. The highest BCUT2D eigenvalue weighted by atomic mass is 35.5. The van der Waals surface area contributed by atoms with Crippen molar-refractivity contribution in [3.05, 3.63) is 52.7 Å². The van der Waals surface area contributed by atoms with E-state index >= 15 is 0 Å². The highest BCUT2D eigenvalue weighted by Crippen LogP contribution is 2.24. The van der Waals surface area contributed by atoms with Gasteiger partial charge in [-0.15, -0.1) is 0 Å². The molecule has 1 aromatic heterocycles. The van der Waals surface area contributed by atoms with Crippen LogP contribution in [0.3, 0.4) is 0 Å². The van der Waals surface area contributed by atoms with Gasteiger partial charge in [-0.05, 0) is 18.6 Å². The number of nitrogens with zero attached hydrogens (tertiary/aromatic N) is 5. The van der Waals surface area contributed by atoms with Crippen LogP contribution >= 0.6 is 11.6 Å². The van der Waals surface area contributed by atoms with Gasteiger partial charge in [-0.2, -0.15) is 5.26 Å². The summed E-state index contributed by atoms with van der Waals surface area (Å²) in [6, 6.07) is 7.19. The number of anilines is 1. The summed E-state index contributed by atoms with van der Waals surface area (Å²) in [6.45, 7) is 4.92. The molecule has 1 saturated heterocycles. The average molecular weight is 346 g/mol. The SMILES string of the molecule is CC1CN(c2nccnc2C#N)CCN1Cc1cccc(F)c1Cl. The van der Waals surface area contributed by atoms with Crippen LogP contribution in [0, 0.1) is 17.1 Å². The van der Waals surface area contributed by atoms with Crippen molar-refractivity contribution in [1.29, 1.82) is 5.26 Å². The molecule has 5 nitrogen and oxygen atoms in total.